The molecule has 1 aliphatic rings. The number of benzene rings is 2. The number of hydrogen-bond donors (Lipinski definition) is 3. The summed E-state index contributed by atoms with van der Waals surface area (Å²) in [6.07, 6.45) is 3.19. The van der Waals surface area contributed by atoms with E-state index in [1.807, 2.05) is 12.1 Å². The van der Waals surface area contributed by atoms with Gasteiger partial charge in [0.15, 0.2) is 0 Å². The van der Waals surface area contributed by atoms with Crippen LogP contribution in [0.15, 0.2) is 30.3 Å². The van der Waals surface area contributed by atoms with Crippen LogP contribution in [-0.2, 0) is 18.6 Å². The zero-order chi connectivity index (χ0) is 20.7. The highest BCUT2D eigenvalue weighted by Crippen LogP contribution is 2.54. The van der Waals surface area contributed by atoms with Gasteiger partial charge < -0.3 is 15.3 Å². The maximum atomic E-state index is 10.4. The first kappa shape index (κ1) is 20.9. The molecule has 152 valence electrons. The van der Waals surface area contributed by atoms with E-state index < -0.39 is 0 Å². The van der Waals surface area contributed by atoms with E-state index in [2.05, 4.69) is 52.8 Å². The Kier molecular flexibility index (Phi) is 5.62. The third-order valence-corrected chi connectivity index (χ3v) is 6.31. The molecule has 0 heterocycles. The molecule has 3 nitrogen and oxygen atoms in total. The van der Waals surface area contributed by atoms with Crippen molar-refractivity contribution in [3.63, 3.8) is 0 Å². The van der Waals surface area contributed by atoms with Gasteiger partial charge in [-0.15, -0.1) is 0 Å². The smallest absolute Gasteiger partial charge is 0.126 e. The van der Waals surface area contributed by atoms with Crippen LogP contribution in [0.25, 0.3) is 0 Å². The van der Waals surface area contributed by atoms with Crippen LogP contribution in [0.3, 0.4) is 0 Å². The SMILES string of the molecule is Cc1cc(C)cc(C2(c3cc(CO)c(O)c(CO)c3)CC(C)CC(C)(C)C2)c1. The molecule has 0 aromatic heterocycles. The van der Waals surface area contributed by atoms with Crippen molar-refractivity contribution in [2.75, 3.05) is 0 Å². The molecule has 3 heteroatoms. The van der Waals surface area contributed by atoms with Crippen LogP contribution in [-0.4, -0.2) is 15.3 Å². The predicted octanol–water partition coefficient (Wildman–Crippen LogP) is 5.13. The molecule has 2 atom stereocenters. The van der Waals surface area contributed by atoms with Gasteiger partial charge in [0.05, 0.1) is 13.2 Å². The van der Waals surface area contributed by atoms with Gasteiger partial charge in [0.2, 0.25) is 0 Å². The first-order valence-corrected chi connectivity index (χ1v) is 10.3. The zero-order valence-corrected chi connectivity index (χ0v) is 17.8. The van der Waals surface area contributed by atoms with Gasteiger partial charge in [0.1, 0.15) is 5.75 Å². The molecule has 0 spiro atoms. The molecule has 0 saturated heterocycles. The van der Waals surface area contributed by atoms with E-state index in [1.165, 1.54) is 23.1 Å². The van der Waals surface area contributed by atoms with E-state index in [4.69, 9.17) is 0 Å². The Morgan fingerprint density at radius 3 is 1.82 bits per heavy atom. The summed E-state index contributed by atoms with van der Waals surface area (Å²) < 4.78 is 0. The molecule has 28 heavy (non-hydrogen) atoms. The first-order chi connectivity index (χ1) is 13.1. The minimum absolute atomic E-state index is 0.00689. The number of aliphatic hydroxyl groups excluding tert-OH is 2. The number of aliphatic hydroxyl groups is 2. The van der Waals surface area contributed by atoms with E-state index in [1.54, 1.807) is 0 Å². The highest BCUT2D eigenvalue weighted by molar-refractivity contribution is 5.51. The molecule has 1 aliphatic carbocycles. The summed E-state index contributed by atoms with van der Waals surface area (Å²) in [5.74, 6) is 0.556. The van der Waals surface area contributed by atoms with Crippen molar-refractivity contribution in [2.24, 2.45) is 11.3 Å². The molecule has 2 aromatic rings. The monoisotopic (exact) mass is 382 g/mol. The fraction of sp³-hybridized carbons (Fsp3) is 0.520. The molecule has 0 aliphatic heterocycles. The lowest BCUT2D eigenvalue weighted by Gasteiger charge is -2.49. The van der Waals surface area contributed by atoms with Crippen LogP contribution in [0.2, 0.25) is 0 Å². The van der Waals surface area contributed by atoms with Crippen LogP contribution in [0.1, 0.15) is 73.4 Å². The quantitative estimate of drug-likeness (QED) is 0.687. The van der Waals surface area contributed by atoms with Crippen LogP contribution in [0.5, 0.6) is 5.75 Å². The Hall–Kier alpha value is -1.84. The van der Waals surface area contributed by atoms with Crippen molar-refractivity contribution >= 4 is 0 Å². The normalized spacial score (nSPS) is 24.3. The van der Waals surface area contributed by atoms with Crippen LogP contribution in [0.4, 0.5) is 0 Å². The summed E-state index contributed by atoms with van der Waals surface area (Å²) in [4.78, 5) is 0. The van der Waals surface area contributed by atoms with Crippen molar-refractivity contribution in [3.05, 3.63) is 63.7 Å². The van der Waals surface area contributed by atoms with Gasteiger partial charge in [-0.05, 0) is 67.7 Å². The van der Waals surface area contributed by atoms with Gasteiger partial charge >= 0.3 is 0 Å². The number of aryl methyl sites for hydroxylation is 2. The average molecular weight is 383 g/mol. The zero-order valence-electron chi connectivity index (χ0n) is 17.8. The Morgan fingerprint density at radius 1 is 0.857 bits per heavy atom. The lowest BCUT2D eigenvalue weighted by molar-refractivity contribution is 0.126. The highest BCUT2D eigenvalue weighted by atomic mass is 16.3. The summed E-state index contributed by atoms with van der Waals surface area (Å²) in [6, 6.07) is 10.7. The molecule has 0 radical (unpaired) electrons. The van der Waals surface area contributed by atoms with Crippen LogP contribution >= 0.6 is 0 Å². The molecular weight excluding hydrogens is 348 g/mol. The molecule has 1 saturated carbocycles. The van der Waals surface area contributed by atoms with Crippen molar-refractivity contribution in [3.8, 4) is 5.75 Å². The van der Waals surface area contributed by atoms with E-state index in [-0.39, 0.29) is 29.8 Å². The molecule has 2 aromatic carbocycles. The van der Waals surface area contributed by atoms with Crippen molar-refractivity contribution in [1.29, 1.82) is 0 Å². The third kappa shape index (κ3) is 3.83. The predicted molar refractivity (Wildman–Crippen MR) is 113 cm³/mol. The number of phenols is 1. The van der Waals surface area contributed by atoms with Crippen LogP contribution in [0, 0.1) is 25.2 Å². The summed E-state index contributed by atoms with van der Waals surface area (Å²) >= 11 is 0. The summed E-state index contributed by atoms with van der Waals surface area (Å²) in [5, 5.41) is 30.0. The minimum atomic E-state index is -0.242. The third-order valence-electron chi connectivity index (χ3n) is 6.31. The van der Waals surface area contributed by atoms with Crippen molar-refractivity contribution in [2.45, 2.75) is 72.5 Å². The second kappa shape index (κ2) is 7.53. The summed E-state index contributed by atoms with van der Waals surface area (Å²) in [6.45, 7) is 10.8. The van der Waals surface area contributed by atoms with E-state index in [9.17, 15) is 15.3 Å². The maximum Gasteiger partial charge on any atom is 0.126 e. The molecule has 1 fully saturated rings. The lowest BCUT2D eigenvalue weighted by atomic mass is 9.55. The van der Waals surface area contributed by atoms with E-state index in [0.29, 0.717) is 17.0 Å². The van der Waals surface area contributed by atoms with Gasteiger partial charge in [0.25, 0.3) is 0 Å². The average Bonchev–Trinajstić information content (AvgIpc) is 2.59. The molecule has 0 bridgehead atoms. The van der Waals surface area contributed by atoms with Gasteiger partial charge in [0, 0.05) is 16.5 Å². The number of hydrogen-bond acceptors (Lipinski definition) is 3. The van der Waals surface area contributed by atoms with Crippen molar-refractivity contribution in [1.82, 2.24) is 0 Å². The lowest BCUT2D eigenvalue weighted by Crippen LogP contribution is -2.41. The Labute approximate surface area is 169 Å². The molecular formula is C25H34O3. The number of rotatable bonds is 4. The summed E-state index contributed by atoms with van der Waals surface area (Å²) in [5.41, 5.74) is 5.81. The van der Waals surface area contributed by atoms with Gasteiger partial charge in [-0.3, -0.25) is 0 Å². The summed E-state index contributed by atoms with van der Waals surface area (Å²) in [7, 11) is 0. The van der Waals surface area contributed by atoms with Gasteiger partial charge in [-0.2, -0.15) is 0 Å². The van der Waals surface area contributed by atoms with E-state index >= 15 is 0 Å². The largest absolute Gasteiger partial charge is 0.507 e. The Bertz CT molecular complexity index is 823. The first-order valence-electron chi connectivity index (χ1n) is 10.3. The molecule has 2 unspecified atom stereocenters. The van der Waals surface area contributed by atoms with Crippen LogP contribution < -0.4 is 0 Å². The fourth-order valence-electron chi connectivity index (χ4n) is 5.71. The molecule has 3 N–H and O–H groups in total. The maximum absolute atomic E-state index is 10.4. The standard InChI is InChI=1S/C25H34O3/c1-16-6-17(2)8-21(7-16)25(12-18(3)11-24(4,5)15-25)22-9-19(13-26)23(28)20(10-22)14-27/h6-10,18,26-28H,11-15H2,1-5H3. The number of aromatic hydroxyl groups is 1. The molecule has 3 rings (SSSR count). The molecule has 0 amide bonds. The van der Waals surface area contributed by atoms with Gasteiger partial charge in [-0.1, -0.05) is 50.1 Å². The topological polar surface area (TPSA) is 60.7 Å². The van der Waals surface area contributed by atoms with E-state index in [0.717, 1.165) is 18.4 Å². The Morgan fingerprint density at radius 2 is 1.36 bits per heavy atom. The van der Waals surface area contributed by atoms with Crippen molar-refractivity contribution < 1.29 is 15.3 Å². The second-order valence-electron chi connectivity index (χ2n) is 9.77. The van der Waals surface area contributed by atoms with Gasteiger partial charge in [-0.25, -0.2) is 0 Å². The highest BCUT2D eigenvalue weighted by Gasteiger charge is 2.45. The Balaban J connectivity index is 2.31. The minimum Gasteiger partial charge on any atom is -0.507 e. The fourth-order valence-corrected chi connectivity index (χ4v) is 5.71. The second-order valence-corrected chi connectivity index (χ2v) is 9.77.